The van der Waals surface area contributed by atoms with E-state index in [1.807, 2.05) is 20.8 Å². The number of nitro benzene ring substituents is 1. The molecule has 2 aromatic carbocycles. The third-order valence-electron chi connectivity index (χ3n) is 4.39. The first-order valence-electron chi connectivity index (χ1n) is 8.52. The highest BCUT2D eigenvalue weighted by Gasteiger charge is 2.19. The molecule has 0 aliphatic rings. The molecule has 144 valence electrons. The van der Waals surface area contributed by atoms with Gasteiger partial charge in [-0.25, -0.2) is 0 Å². The third kappa shape index (κ3) is 3.71. The van der Waals surface area contributed by atoms with Gasteiger partial charge in [-0.15, -0.1) is 0 Å². The fourth-order valence-electron chi connectivity index (χ4n) is 2.84. The number of nitrogens with zero attached hydrogens (tertiary/aromatic N) is 1. The maximum Gasteiger partial charge on any atom is 0.270 e. The van der Waals surface area contributed by atoms with Crippen LogP contribution in [0.2, 0.25) is 0 Å². The summed E-state index contributed by atoms with van der Waals surface area (Å²) in [5, 5.41) is 24.0. The first-order chi connectivity index (χ1) is 13.1. The van der Waals surface area contributed by atoms with Crippen LogP contribution in [0.5, 0.6) is 5.75 Å². The maximum absolute atomic E-state index is 12.8. The summed E-state index contributed by atoms with van der Waals surface area (Å²) in [7, 11) is 0. The number of carbonyl (C=O) groups is 1. The zero-order valence-electron chi connectivity index (χ0n) is 15.6. The lowest BCUT2D eigenvalue weighted by atomic mass is 9.87. The van der Waals surface area contributed by atoms with Crippen LogP contribution in [0.15, 0.2) is 47.3 Å². The highest BCUT2D eigenvalue weighted by atomic mass is 16.6. The van der Waals surface area contributed by atoms with Crippen molar-refractivity contribution in [2.75, 3.05) is 5.32 Å². The van der Waals surface area contributed by atoms with Crippen LogP contribution >= 0.6 is 0 Å². The summed E-state index contributed by atoms with van der Waals surface area (Å²) in [4.78, 5) is 37.8. The number of nitrogens with one attached hydrogen (secondary N) is 2. The fourth-order valence-corrected chi connectivity index (χ4v) is 2.84. The molecule has 0 aliphatic heterocycles. The van der Waals surface area contributed by atoms with E-state index in [0.29, 0.717) is 5.52 Å². The van der Waals surface area contributed by atoms with Gasteiger partial charge >= 0.3 is 0 Å². The molecular weight excluding hydrogens is 362 g/mol. The summed E-state index contributed by atoms with van der Waals surface area (Å²) in [6.45, 7) is 5.98. The molecule has 1 aromatic heterocycles. The van der Waals surface area contributed by atoms with Crippen LogP contribution in [0.1, 0.15) is 36.7 Å². The topological polar surface area (TPSA) is 125 Å². The Hall–Kier alpha value is -3.68. The van der Waals surface area contributed by atoms with Crippen molar-refractivity contribution in [1.82, 2.24) is 4.98 Å². The summed E-state index contributed by atoms with van der Waals surface area (Å²) in [6, 6.07) is 9.83. The fraction of sp³-hybridized carbons (Fsp3) is 0.200. The minimum Gasteiger partial charge on any atom is -0.506 e. The van der Waals surface area contributed by atoms with Gasteiger partial charge in [0.15, 0.2) is 0 Å². The van der Waals surface area contributed by atoms with Gasteiger partial charge in [-0.3, -0.25) is 19.7 Å². The number of fused-ring (bicyclic) bond motifs is 1. The summed E-state index contributed by atoms with van der Waals surface area (Å²) >= 11 is 0. The van der Waals surface area contributed by atoms with Gasteiger partial charge in [0, 0.05) is 29.1 Å². The van der Waals surface area contributed by atoms with Crippen LogP contribution in [0.3, 0.4) is 0 Å². The number of aromatic nitrogens is 1. The van der Waals surface area contributed by atoms with Crippen LogP contribution in [0, 0.1) is 10.1 Å². The number of phenols is 1. The lowest BCUT2D eigenvalue weighted by Crippen LogP contribution is -2.18. The van der Waals surface area contributed by atoms with Gasteiger partial charge < -0.3 is 15.4 Å². The van der Waals surface area contributed by atoms with Gasteiger partial charge in [0.2, 0.25) is 5.56 Å². The van der Waals surface area contributed by atoms with Gasteiger partial charge in [0.1, 0.15) is 5.75 Å². The predicted molar refractivity (Wildman–Crippen MR) is 106 cm³/mol. The molecule has 0 saturated carbocycles. The van der Waals surface area contributed by atoms with Crippen molar-refractivity contribution in [3.63, 3.8) is 0 Å². The molecule has 1 heterocycles. The Bertz CT molecular complexity index is 1160. The SMILES string of the molecule is CC(C)(C)c1ccc(O)c(NC(=O)c2cc(=O)[nH]c3ccc([N+](=O)[O-])cc23)c1. The van der Waals surface area contributed by atoms with Gasteiger partial charge in [-0.05, 0) is 29.2 Å². The van der Waals surface area contributed by atoms with E-state index in [4.69, 9.17) is 0 Å². The van der Waals surface area contributed by atoms with E-state index >= 15 is 0 Å². The smallest absolute Gasteiger partial charge is 0.270 e. The molecule has 0 fully saturated rings. The van der Waals surface area contributed by atoms with E-state index in [-0.39, 0.29) is 33.5 Å². The van der Waals surface area contributed by atoms with Crippen molar-refractivity contribution < 1.29 is 14.8 Å². The van der Waals surface area contributed by atoms with Crippen molar-refractivity contribution in [2.45, 2.75) is 26.2 Å². The minimum absolute atomic E-state index is 0.0250. The molecule has 3 N–H and O–H groups in total. The molecule has 8 heteroatoms. The van der Waals surface area contributed by atoms with E-state index in [9.17, 15) is 24.8 Å². The van der Waals surface area contributed by atoms with Crippen molar-refractivity contribution >= 4 is 28.2 Å². The zero-order valence-corrected chi connectivity index (χ0v) is 15.6. The largest absolute Gasteiger partial charge is 0.506 e. The molecule has 3 aromatic rings. The van der Waals surface area contributed by atoms with Gasteiger partial charge in [-0.1, -0.05) is 26.8 Å². The number of amides is 1. The lowest BCUT2D eigenvalue weighted by Gasteiger charge is -2.20. The molecule has 0 bridgehead atoms. The van der Waals surface area contributed by atoms with Gasteiger partial charge in [0.05, 0.1) is 16.2 Å². The zero-order chi connectivity index (χ0) is 20.6. The van der Waals surface area contributed by atoms with E-state index in [1.165, 1.54) is 24.3 Å². The molecule has 0 aliphatic carbocycles. The Kier molecular flexibility index (Phi) is 4.64. The number of non-ortho nitro benzene ring substituents is 1. The Labute approximate surface area is 160 Å². The Morgan fingerprint density at radius 3 is 2.50 bits per heavy atom. The van der Waals surface area contributed by atoms with Gasteiger partial charge in [0.25, 0.3) is 11.6 Å². The average Bonchev–Trinajstić information content (AvgIpc) is 2.61. The summed E-state index contributed by atoms with van der Waals surface area (Å²) < 4.78 is 0. The molecule has 8 nitrogen and oxygen atoms in total. The monoisotopic (exact) mass is 381 g/mol. The Balaban J connectivity index is 2.08. The number of hydrogen-bond acceptors (Lipinski definition) is 5. The Morgan fingerprint density at radius 2 is 1.86 bits per heavy atom. The molecule has 3 rings (SSSR count). The van der Waals surface area contributed by atoms with Crippen molar-refractivity contribution in [3.8, 4) is 5.75 Å². The second kappa shape index (κ2) is 6.80. The molecule has 0 unspecified atom stereocenters. The number of phenolic OH excluding ortho intramolecular Hbond substituents is 1. The number of anilines is 1. The molecule has 0 saturated heterocycles. The van der Waals surface area contributed by atoms with E-state index < -0.39 is 16.4 Å². The molecule has 0 atom stereocenters. The van der Waals surface area contributed by atoms with Crippen molar-refractivity contribution in [1.29, 1.82) is 0 Å². The summed E-state index contributed by atoms with van der Waals surface area (Å²) in [5.74, 6) is -0.778. The van der Waals surface area contributed by atoms with E-state index in [0.717, 1.165) is 11.6 Å². The molecule has 1 amide bonds. The second-order valence-electron chi connectivity index (χ2n) is 7.47. The number of H-pyrrole nitrogens is 1. The minimum atomic E-state index is -0.655. The lowest BCUT2D eigenvalue weighted by molar-refractivity contribution is -0.384. The molecule has 0 spiro atoms. The number of hydrogen-bond donors (Lipinski definition) is 3. The number of aromatic amines is 1. The number of benzene rings is 2. The first-order valence-corrected chi connectivity index (χ1v) is 8.52. The van der Waals surface area contributed by atoms with Crippen LogP contribution in [-0.4, -0.2) is 20.9 Å². The summed E-state index contributed by atoms with van der Waals surface area (Å²) in [6.07, 6.45) is 0. The highest BCUT2D eigenvalue weighted by Crippen LogP contribution is 2.31. The standard InChI is InChI=1S/C20H19N3O5/c1-20(2,3)11-4-7-17(24)16(8-11)22-19(26)14-10-18(25)21-15-6-5-12(23(27)28)9-13(14)15/h4-10,24H,1-3H3,(H,21,25)(H,22,26). The molecule has 28 heavy (non-hydrogen) atoms. The Morgan fingerprint density at radius 1 is 1.14 bits per heavy atom. The van der Waals surface area contributed by atoms with Crippen LogP contribution in [0.25, 0.3) is 10.9 Å². The normalized spacial score (nSPS) is 11.4. The van der Waals surface area contributed by atoms with Crippen molar-refractivity contribution in [2.24, 2.45) is 0 Å². The van der Waals surface area contributed by atoms with E-state index in [1.54, 1.807) is 12.1 Å². The number of aromatic hydroxyl groups is 1. The van der Waals surface area contributed by atoms with Crippen LogP contribution in [0.4, 0.5) is 11.4 Å². The maximum atomic E-state index is 12.8. The predicted octanol–water partition coefficient (Wildman–Crippen LogP) is 3.69. The summed E-state index contributed by atoms with van der Waals surface area (Å²) in [5.41, 5.74) is 0.442. The average molecular weight is 381 g/mol. The number of rotatable bonds is 3. The van der Waals surface area contributed by atoms with Crippen LogP contribution < -0.4 is 10.9 Å². The van der Waals surface area contributed by atoms with E-state index in [2.05, 4.69) is 10.3 Å². The second-order valence-corrected chi connectivity index (χ2v) is 7.47. The highest BCUT2D eigenvalue weighted by molar-refractivity contribution is 6.13. The van der Waals surface area contributed by atoms with Crippen molar-refractivity contribution in [3.05, 3.63) is 74.1 Å². The molecular formula is C20H19N3O5. The molecule has 0 radical (unpaired) electrons. The quantitative estimate of drug-likeness (QED) is 0.362. The van der Waals surface area contributed by atoms with Crippen LogP contribution in [-0.2, 0) is 5.41 Å². The van der Waals surface area contributed by atoms with Gasteiger partial charge in [-0.2, -0.15) is 0 Å². The number of pyridine rings is 1. The number of carbonyl (C=O) groups excluding carboxylic acids is 1. The first kappa shape index (κ1) is 19.1. The number of nitro groups is 1. The third-order valence-corrected chi connectivity index (χ3v) is 4.39.